The monoisotopic (exact) mass is 306 g/mol. The molecule has 0 radical (unpaired) electrons. The van der Waals surface area contributed by atoms with Crippen LogP contribution in [0.2, 0.25) is 0 Å². The Bertz CT molecular complexity index is 863. The Morgan fingerprint density at radius 2 is 1.70 bits per heavy atom. The van der Waals surface area contributed by atoms with E-state index in [1.807, 2.05) is 12.1 Å². The van der Waals surface area contributed by atoms with Crippen molar-refractivity contribution in [2.24, 2.45) is 0 Å². The van der Waals surface area contributed by atoms with Crippen LogP contribution in [0.4, 0.5) is 4.39 Å². The van der Waals surface area contributed by atoms with Crippen molar-refractivity contribution in [2.45, 2.75) is 26.7 Å². The molecule has 3 rings (SSSR count). The SMILES string of the molecule is CC(=O)Cc1cc(Cc2ccc(C)cc2)c2cc(F)ccc2c1. The first-order valence-corrected chi connectivity index (χ1v) is 7.77. The number of Topliss-reactive ketones (excluding diaryl/α,β-unsaturated/α-hetero) is 1. The maximum absolute atomic E-state index is 13.7. The molecule has 2 heteroatoms. The van der Waals surface area contributed by atoms with Gasteiger partial charge in [0.25, 0.3) is 0 Å². The van der Waals surface area contributed by atoms with Gasteiger partial charge in [-0.2, -0.15) is 0 Å². The second-order valence-corrected chi connectivity index (χ2v) is 6.16. The minimum atomic E-state index is -0.234. The number of carbonyl (C=O) groups is 1. The summed E-state index contributed by atoms with van der Waals surface area (Å²) in [7, 11) is 0. The molecular formula is C21H19FO. The molecule has 0 amide bonds. The Morgan fingerprint density at radius 3 is 2.39 bits per heavy atom. The van der Waals surface area contributed by atoms with Crippen molar-refractivity contribution >= 4 is 16.6 Å². The van der Waals surface area contributed by atoms with Crippen molar-refractivity contribution in [3.05, 3.63) is 82.7 Å². The summed E-state index contributed by atoms with van der Waals surface area (Å²) in [5.74, 6) is -0.102. The summed E-state index contributed by atoms with van der Waals surface area (Å²) in [6.45, 7) is 3.65. The van der Waals surface area contributed by atoms with E-state index in [2.05, 4.69) is 31.2 Å². The highest BCUT2D eigenvalue weighted by molar-refractivity contribution is 5.88. The number of hydrogen-bond acceptors (Lipinski definition) is 1. The van der Waals surface area contributed by atoms with Crippen molar-refractivity contribution in [1.29, 1.82) is 0 Å². The summed E-state index contributed by atoms with van der Waals surface area (Å²) in [4.78, 5) is 11.5. The van der Waals surface area contributed by atoms with E-state index in [4.69, 9.17) is 0 Å². The van der Waals surface area contributed by atoms with Gasteiger partial charge < -0.3 is 0 Å². The predicted molar refractivity (Wildman–Crippen MR) is 92.3 cm³/mol. The Morgan fingerprint density at radius 1 is 0.957 bits per heavy atom. The van der Waals surface area contributed by atoms with Crippen LogP contribution in [0.25, 0.3) is 10.8 Å². The molecule has 0 N–H and O–H groups in total. The first kappa shape index (κ1) is 15.4. The molecule has 23 heavy (non-hydrogen) atoms. The van der Waals surface area contributed by atoms with Crippen LogP contribution in [0.5, 0.6) is 0 Å². The van der Waals surface area contributed by atoms with Crippen LogP contribution in [0.15, 0.2) is 54.6 Å². The van der Waals surface area contributed by atoms with Crippen LogP contribution in [0.3, 0.4) is 0 Å². The molecule has 0 bridgehead atoms. The third kappa shape index (κ3) is 3.65. The highest BCUT2D eigenvalue weighted by atomic mass is 19.1. The predicted octanol–water partition coefficient (Wildman–Crippen LogP) is 5.01. The lowest BCUT2D eigenvalue weighted by Crippen LogP contribution is -1.99. The van der Waals surface area contributed by atoms with E-state index in [0.29, 0.717) is 6.42 Å². The molecule has 116 valence electrons. The molecule has 3 aromatic carbocycles. The van der Waals surface area contributed by atoms with Crippen LogP contribution in [0.1, 0.15) is 29.2 Å². The maximum atomic E-state index is 13.7. The topological polar surface area (TPSA) is 17.1 Å². The molecule has 0 atom stereocenters. The van der Waals surface area contributed by atoms with Crippen molar-refractivity contribution in [3.8, 4) is 0 Å². The van der Waals surface area contributed by atoms with Crippen LogP contribution < -0.4 is 0 Å². The van der Waals surface area contributed by atoms with E-state index in [9.17, 15) is 9.18 Å². The highest BCUT2D eigenvalue weighted by Crippen LogP contribution is 2.25. The number of ketones is 1. The Hall–Kier alpha value is -2.48. The molecule has 3 aromatic rings. The molecule has 0 aromatic heterocycles. The van der Waals surface area contributed by atoms with Crippen LogP contribution >= 0.6 is 0 Å². The molecule has 0 heterocycles. The number of rotatable bonds is 4. The third-order valence-electron chi connectivity index (χ3n) is 4.03. The lowest BCUT2D eigenvalue weighted by atomic mass is 9.94. The summed E-state index contributed by atoms with van der Waals surface area (Å²) < 4.78 is 13.7. The molecule has 0 fully saturated rings. The van der Waals surface area contributed by atoms with Crippen molar-refractivity contribution in [2.75, 3.05) is 0 Å². The Balaban J connectivity index is 2.09. The summed E-state index contributed by atoms with van der Waals surface area (Å²) in [5.41, 5.74) is 4.44. The van der Waals surface area contributed by atoms with Gasteiger partial charge in [-0.1, -0.05) is 48.0 Å². The molecule has 0 aliphatic heterocycles. The zero-order valence-electron chi connectivity index (χ0n) is 13.4. The van der Waals surface area contributed by atoms with E-state index in [1.165, 1.54) is 17.2 Å². The number of benzene rings is 3. The number of halogens is 1. The molecule has 0 spiro atoms. The second-order valence-electron chi connectivity index (χ2n) is 6.16. The first-order chi connectivity index (χ1) is 11.0. The number of hydrogen-bond donors (Lipinski definition) is 0. The van der Waals surface area contributed by atoms with E-state index in [-0.39, 0.29) is 11.6 Å². The summed E-state index contributed by atoms with van der Waals surface area (Å²) in [6, 6.07) is 17.2. The minimum absolute atomic E-state index is 0.132. The summed E-state index contributed by atoms with van der Waals surface area (Å²) in [5, 5.41) is 1.89. The fourth-order valence-corrected chi connectivity index (χ4v) is 2.94. The molecule has 0 unspecified atom stereocenters. The van der Waals surface area contributed by atoms with E-state index in [1.54, 1.807) is 19.1 Å². The van der Waals surface area contributed by atoms with Gasteiger partial charge in [-0.3, -0.25) is 4.79 Å². The highest BCUT2D eigenvalue weighted by Gasteiger charge is 2.08. The van der Waals surface area contributed by atoms with Gasteiger partial charge in [-0.05, 0) is 59.9 Å². The van der Waals surface area contributed by atoms with Crippen molar-refractivity contribution in [1.82, 2.24) is 0 Å². The van der Waals surface area contributed by atoms with Crippen LogP contribution in [-0.4, -0.2) is 5.78 Å². The molecule has 1 nitrogen and oxygen atoms in total. The zero-order valence-corrected chi connectivity index (χ0v) is 13.4. The third-order valence-corrected chi connectivity index (χ3v) is 4.03. The first-order valence-electron chi connectivity index (χ1n) is 7.77. The normalized spacial score (nSPS) is 10.9. The van der Waals surface area contributed by atoms with E-state index >= 15 is 0 Å². The Labute approximate surface area is 135 Å². The zero-order chi connectivity index (χ0) is 16.4. The van der Waals surface area contributed by atoms with Gasteiger partial charge in [0.05, 0.1) is 0 Å². The van der Waals surface area contributed by atoms with Gasteiger partial charge in [0, 0.05) is 6.42 Å². The fraction of sp³-hybridized carbons (Fsp3) is 0.190. The Kier molecular flexibility index (Phi) is 4.24. The van der Waals surface area contributed by atoms with Gasteiger partial charge in [-0.15, -0.1) is 0 Å². The summed E-state index contributed by atoms with van der Waals surface area (Å²) in [6.07, 6.45) is 1.14. The average Bonchev–Trinajstić information content (AvgIpc) is 2.49. The van der Waals surface area contributed by atoms with Crippen LogP contribution in [-0.2, 0) is 17.6 Å². The fourth-order valence-electron chi connectivity index (χ4n) is 2.94. The van der Waals surface area contributed by atoms with Gasteiger partial charge in [0.1, 0.15) is 11.6 Å². The minimum Gasteiger partial charge on any atom is -0.300 e. The maximum Gasteiger partial charge on any atom is 0.134 e. The molecule has 0 aliphatic rings. The average molecular weight is 306 g/mol. The number of carbonyl (C=O) groups excluding carboxylic acids is 1. The van der Waals surface area contributed by atoms with Crippen molar-refractivity contribution < 1.29 is 9.18 Å². The van der Waals surface area contributed by atoms with E-state index < -0.39 is 0 Å². The van der Waals surface area contributed by atoms with Gasteiger partial charge in [0.15, 0.2) is 0 Å². The van der Waals surface area contributed by atoms with E-state index in [0.717, 1.165) is 28.3 Å². The molecule has 0 saturated heterocycles. The van der Waals surface area contributed by atoms with Crippen molar-refractivity contribution in [3.63, 3.8) is 0 Å². The largest absolute Gasteiger partial charge is 0.300 e. The lowest BCUT2D eigenvalue weighted by molar-refractivity contribution is -0.116. The summed E-state index contributed by atoms with van der Waals surface area (Å²) >= 11 is 0. The number of fused-ring (bicyclic) bond motifs is 1. The lowest BCUT2D eigenvalue weighted by Gasteiger charge is -2.11. The second kappa shape index (κ2) is 6.33. The molecular weight excluding hydrogens is 287 g/mol. The smallest absolute Gasteiger partial charge is 0.134 e. The van der Waals surface area contributed by atoms with Gasteiger partial charge in [-0.25, -0.2) is 4.39 Å². The molecule has 0 saturated carbocycles. The quantitative estimate of drug-likeness (QED) is 0.662. The van der Waals surface area contributed by atoms with Crippen LogP contribution in [0, 0.1) is 12.7 Å². The van der Waals surface area contributed by atoms with Gasteiger partial charge in [0.2, 0.25) is 0 Å². The molecule has 0 aliphatic carbocycles. The van der Waals surface area contributed by atoms with Gasteiger partial charge >= 0.3 is 0 Å². The standard InChI is InChI=1S/C21H19FO/c1-14-3-5-16(6-4-14)10-19-12-17(9-15(2)23)11-18-7-8-20(22)13-21(18)19/h3-8,11-13H,9-10H2,1-2H3. The number of aryl methyl sites for hydroxylation is 1.